The van der Waals surface area contributed by atoms with Crippen molar-refractivity contribution in [1.29, 1.82) is 0 Å². The largest absolute Gasteiger partial charge is 0.348 e. The van der Waals surface area contributed by atoms with Gasteiger partial charge in [-0.3, -0.25) is 0 Å². The van der Waals surface area contributed by atoms with E-state index in [9.17, 15) is 0 Å². The Bertz CT molecular complexity index is 345. The molecule has 0 aromatic carbocycles. The second kappa shape index (κ2) is 7.74. The summed E-state index contributed by atoms with van der Waals surface area (Å²) in [5, 5.41) is 4.62. The van der Waals surface area contributed by atoms with Gasteiger partial charge in [0.1, 0.15) is 0 Å². The number of anilines is 1. The number of aromatic nitrogens is 1. The number of thiazole rings is 1. The molecule has 0 aliphatic carbocycles. The smallest absolute Gasteiger partial charge is 0.185 e. The van der Waals surface area contributed by atoms with Crippen LogP contribution in [0.25, 0.3) is 0 Å². The predicted octanol–water partition coefficient (Wildman–Crippen LogP) is 3.58. The molecule has 0 unspecified atom stereocenters. The number of hydrogen-bond donors (Lipinski definition) is 1. The van der Waals surface area contributed by atoms with Gasteiger partial charge in [0.2, 0.25) is 0 Å². The Labute approximate surface area is 116 Å². The summed E-state index contributed by atoms with van der Waals surface area (Å²) in [4.78, 5) is 8.42. The van der Waals surface area contributed by atoms with E-state index in [2.05, 4.69) is 45.0 Å². The average molecular weight is 269 g/mol. The van der Waals surface area contributed by atoms with Crippen molar-refractivity contribution in [3.8, 4) is 0 Å². The number of nitrogens with one attached hydrogen (secondary N) is 1. The number of aryl methyl sites for hydroxylation is 1. The Morgan fingerprint density at radius 1 is 1.28 bits per heavy atom. The number of rotatable bonds is 8. The van der Waals surface area contributed by atoms with E-state index in [1.807, 2.05) is 11.3 Å². The molecule has 1 N–H and O–H groups in total. The fraction of sp³-hybridized carbons (Fsp3) is 0.786. The maximum Gasteiger partial charge on any atom is 0.185 e. The predicted molar refractivity (Wildman–Crippen MR) is 81.6 cm³/mol. The van der Waals surface area contributed by atoms with Crippen LogP contribution in [0.3, 0.4) is 0 Å². The zero-order valence-corrected chi connectivity index (χ0v) is 13.2. The highest BCUT2D eigenvalue weighted by molar-refractivity contribution is 7.15. The van der Waals surface area contributed by atoms with Crippen LogP contribution in [0.1, 0.15) is 50.6 Å². The molecular formula is C14H27N3S. The highest BCUT2D eigenvalue weighted by atomic mass is 32.1. The second-order valence-corrected chi connectivity index (χ2v) is 5.83. The molecule has 104 valence electrons. The van der Waals surface area contributed by atoms with Gasteiger partial charge in [-0.25, -0.2) is 4.98 Å². The Hall–Kier alpha value is -0.610. The van der Waals surface area contributed by atoms with Crippen LogP contribution in [0.15, 0.2) is 0 Å². The second-order valence-electron chi connectivity index (χ2n) is 4.76. The van der Waals surface area contributed by atoms with E-state index in [0.717, 1.165) is 18.2 Å². The van der Waals surface area contributed by atoms with E-state index in [4.69, 9.17) is 4.98 Å². The quantitative estimate of drug-likeness (QED) is 0.731. The molecule has 1 rings (SSSR count). The third kappa shape index (κ3) is 3.95. The Balaban J connectivity index is 2.70. The maximum atomic E-state index is 4.71. The van der Waals surface area contributed by atoms with E-state index in [1.165, 1.54) is 29.8 Å². The van der Waals surface area contributed by atoms with Crippen LogP contribution in [-0.4, -0.2) is 24.6 Å². The monoisotopic (exact) mass is 269 g/mol. The van der Waals surface area contributed by atoms with Crippen LogP contribution >= 0.6 is 11.3 Å². The van der Waals surface area contributed by atoms with Gasteiger partial charge in [-0.15, -0.1) is 11.3 Å². The highest BCUT2D eigenvalue weighted by Gasteiger charge is 2.16. The Morgan fingerprint density at radius 3 is 2.50 bits per heavy atom. The minimum Gasteiger partial charge on any atom is -0.348 e. The van der Waals surface area contributed by atoms with Gasteiger partial charge in [0, 0.05) is 24.5 Å². The van der Waals surface area contributed by atoms with Crippen LogP contribution in [0.4, 0.5) is 5.13 Å². The molecule has 0 bridgehead atoms. The summed E-state index contributed by atoms with van der Waals surface area (Å²) in [6, 6.07) is 0.604. The van der Waals surface area contributed by atoms with Crippen LogP contribution < -0.4 is 10.2 Å². The lowest BCUT2D eigenvalue weighted by atomic mass is 10.1. The first-order valence-electron chi connectivity index (χ1n) is 7.03. The minimum atomic E-state index is 0.604. The van der Waals surface area contributed by atoms with Crippen LogP contribution in [0, 0.1) is 6.92 Å². The molecule has 3 nitrogen and oxygen atoms in total. The molecule has 0 fully saturated rings. The van der Waals surface area contributed by atoms with Crippen molar-refractivity contribution in [3.63, 3.8) is 0 Å². The first-order valence-corrected chi connectivity index (χ1v) is 7.85. The summed E-state index contributed by atoms with van der Waals surface area (Å²) >= 11 is 1.83. The maximum absolute atomic E-state index is 4.71. The van der Waals surface area contributed by atoms with Gasteiger partial charge in [0.25, 0.3) is 0 Å². The van der Waals surface area contributed by atoms with Crippen LogP contribution in [0.5, 0.6) is 0 Å². The Kier molecular flexibility index (Phi) is 6.65. The SMILES string of the molecule is CCCNCc1sc(N(C)C(CC)CC)nc1C. The highest BCUT2D eigenvalue weighted by Crippen LogP contribution is 2.27. The number of hydrogen-bond acceptors (Lipinski definition) is 4. The van der Waals surface area contributed by atoms with Gasteiger partial charge in [0.15, 0.2) is 5.13 Å². The fourth-order valence-electron chi connectivity index (χ4n) is 2.10. The molecular weight excluding hydrogens is 242 g/mol. The molecule has 0 saturated heterocycles. The fourth-order valence-corrected chi connectivity index (χ4v) is 3.16. The lowest BCUT2D eigenvalue weighted by Crippen LogP contribution is -2.30. The third-order valence-electron chi connectivity index (χ3n) is 3.39. The molecule has 0 aliphatic heterocycles. The van der Waals surface area contributed by atoms with Crippen LogP contribution in [-0.2, 0) is 6.54 Å². The van der Waals surface area contributed by atoms with Crippen molar-refractivity contribution in [3.05, 3.63) is 10.6 Å². The van der Waals surface area contributed by atoms with Gasteiger partial charge in [-0.05, 0) is 32.7 Å². The van der Waals surface area contributed by atoms with Gasteiger partial charge in [-0.2, -0.15) is 0 Å². The van der Waals surface area contributed by atoms with Crippen molar-refractivity contribution in [1.82, 2.24) is 10.3 Å². The van der Waals surface area contributed by atoms with Crippen molar-refractivity contribution in [2.45, 2.75) is 59.5 Å². The minimum absolute atomic E-state index is 0.604. The first kappa shape index (κ1) is 15.4. The molecule has 0 amide bonds. The summed E-state index contributed by atoms with van der Waals surface area (Å²) in [6.07, 6.45) is 3.53. The standard InChI is InChI=1S/C14H27N3S/c1-6-9-15-10-13-11(4)16-14(18-13)17(5)12(7-2)8-3/h12,15H,6-10H2,1-5H3. The van der Waals surface area contributed by atoms with Gasteiger partial charge in [-0.1, -0.05) is 20.8 Å². The van der Waals surface area contributed by atoms with Crippen molar-refractivity contribution in [2.24, 2.45) is 0 Å². The normalized spacial score (nSPS) is 11.2. The van der Waals surface area contributed by atoms with Gasteiger partial charge >= 0.3 is 0 Å². The number of nitrogens with zero attached hydrogens (tertiary/aromatic N) is 2. The molecule has 1 aromatic rings. The van der Waals surface area contributed by atoms with E-state index in [-0.39, 0.29) is 0 Å². The van der Waals surface area contributed by atoms with E-state index in [0.29, 0.717) is 6.04 Å². The third-order valence-corrected chi connectivity index (χ3v) is 4.63. The van der Waals surface area contributed by atoms with Gasteiger partial charge < -0.3 is 10.2 Å². The summed E-state index contributed by atoms with van der Waals surface area (Å²) in [7, 11) is 2.17. The van der Waals surface area contributed by atoms with Crippen molar-refractivity contribution >= 4 is 16.5 Å². The zero-order chi connectivity index (χ0) is 13.5. The summed E-state index contributed by atoms with van der Waals surface area (Å²) in [5.41, 5.74) is 1.18. The molecule has 0 saturated carbocycles. The molecule has 1 aromatic heterocycles. The van der Waals surface area contributed by atoms with E-state index < -0.39 is 0 Å². The lowest BCUT2D eigenvalue weighted by molar-refractivity contribution is 0.590. The molecule has 0 atom stereocenters. The molecule has 1 heterocycles. The molecule has 0 aliphatic rings. The lowest BCUT2D eigenvalue weighted by Gasteiger charge is -2.25. The molecule has 0 radical (unpaired) electrons. The van der Waals surface area contributed by atoms with E-state index in [1.54, 1.807) is 0 Å². The summed E-state index contributed by atoms with van der Waals surface area (Å²) < 4.78 is 0. The topological polar surface area (TPSA) is 28.2 Å². The van der Waals surface area contributed by atoms with Crippen LogP contribution in [0.2, 0.25) is 0 Å². The zero-order valence-electron chi connectivity index (χ0n) is 12.4. The van der Waals surface area contributed by atoms with Gasteiger partial charge in [0.05, 0.1) is 5.69 Å². The molecule has 0 spiro atoms. The molecule has 4 heteroatoms. The Morgan fingerprint density at radius 2 is 1.94 bits per heavy atom. The van der Waals surface area contributed by atoms with Crippen molar-refractivity contribution < 1.29 is 0 Å². The average Bonchev–Trinajstić information content (AvgIpc) is 2.73. The van der Waals surface area contributed by atoms with E-state index >= 15 is 0 Å². The van der Waals surface area contributed by atoms with Crippen molar-refractivity contribution in [2.75, 3.05) is 18.5 Å². The summed E-state index contributed by atoms with van der Waals surface area (Å²) in [5.74, 6) is 0. The summed E-state index contributed by atoms with van der Waals surface area (Å²) in [6.45, 7) is 10.8. The molecule has 18 heavy (non-hydrogen) atoms. The first-order chi connectivity index (χ1) is 8.63.